The number of allylic oxidation sites excluding steroid dienone is 1. The molecule has 0 heterocycles. The average Bonchev–Trinajstić information content (AvgIpc) is 2.28. The molecule has 0 saturated heterocycles. The van der Waals surface area contributed by atoms with Gasteiger partial charge in [-0.1, -0.05) is 30.3 Å². The summed E-state index contributed by atoms with van der Waals surface area (Å²) < 4.78 is 5.24. The number of carbonyl (C=O) groups excluding carboxylic acids is 1. The number of hydrogen-bond donors (Lipinski definition) is 0. The third-order valence-corrected chi connectivity index (χ3v) is 2.07. The largest absolute Gasteiger partial charge is 0.425 e. The smallest absolute Gasteiger partial charge is 0.316 e. The Morgan fingerprint density at radius 3 is 2.35 bits per heavy atom. The van der Waals surface area contributed by atoms with Crippen molar-refractivity contribution in [1.29, 1.82) is 5.26 Å². The second-order valence-electron chi connectivity index (χ2n) is 4.64. The van der Waals surface area contributed by atoms with Crippen LogP contribution in [0.2, 0.25) is 0 Å². The standard InChI is InChI=1S/C14H15NO2/c1-14(2,3)13(16)17-12(9-10-15)11-7-5-4-6-8-11/h4-9H,1-3H3/b12-9+. The van der Waals surface area contributed by atoms with Gasteiger partial charge in [-0.15, -0.1) is 0 Å². The molecule has 0 atom stereocenters. The van der Waals surface area contributed by atoms with E-state index in [0.717, 1.165) is 0 Å². The zero-order valence-electron chi connectivity index (χ0n) is 10.2. The van der Waals surface area contributed by atoms with Gasteiger partial charge < -0.3 is 4.74 Å². The molecule has 0 saturated carbocycles. The van der Waals surface area contributed by atoms with Gasteiger partial charge in [0, 0.05) is 5.56 Å². The van der Waals surface area contributed by atoms with Gasteiger partial charge in [-0.2, -0.15) is 5.26 Å². The Bertz CT molecular complexity index is 461. The molecule has 1 aromatic carbocycles. The van der Waals surface area contributed by atoms with Gasteiger partial charge in [0.05, 0.1) is 17.6 Å². The minimum Gasteiger partial charge on any atom is -0.425 e. The van der Waals surface area contributed by atoms with E-state index in [0.29, 0.717) is 5.56 Å². The van der Waals surface area contributed by atoms with Gasteiger partial charge in [0.2, 0.25) is 0 Å². The van der Waals surface area contributed by atoms with E-state index in [1.54, 1.807) is 32.9 Å². The van der Waals surface area contributed by atoms with Crippen LogP contribution in [0.4, 0.5) is 0 Å². The van der Waals surface area contributed by atoms with Crippen molar-refractivity contribution < 1.29 is 9.53 Å². The molecule has 0 aliphatic rings. The summed E-state index contributed by atoms with van der Waals surface area (Å²) in [5, 5.41) is 8.70. The van der Waals surface area contributed by atoms with Crippen LogP contribution in [-0.2, 0) is 9.53 Å². The van der Waals surface area contributed by atoms with E-state index in [2.05, 4.69) is 0 Å². The quantitative estimate of drug-likeness (QED) is 0.444. The highest BCUT2D eigenvalue weighted by Gasteiger charge is 2.24. The predicted octanol–water partition coefficient (Wildman–Crippen LogP) is 3.14. The van der Waals surface area contributed by atoms with Crippen LogP contribution in [0.5, 0.6) is 0 Å². The molecule has 0 aromatic heterocycles. The lowest BCUT2D eigenvalue weighted by molar-refractivity contribution is -0.145. The number of rotatable bonds is 2. The minimum absolute atomic E-state index is 0.285. The molecule has 17 heavy (non-hydrogen) atoms. The molecule has 3 heteroatoms. The van der Waals surface area contributed by atoms with E-state index in [-0.39, 0.29) is 11.7 Å². The average molecular weight is 229 g/mol. The number of esters is 1. The van der Waals surface area contributed by atoms with E-state index in [1.165, 1.54) is 6.08 Å². The van der Waals surface area contributed by atoms with Crippen LogP contribution < -0.4 is 0 Å². The fourth-order valence-corrected chi connectivity index (χ4v) is 1.09. The van der Waals surface area contributed by atoms with Crippen LogP contribution in [-0.4, -0.2) is 5.97 Å². The Kier molecular flexibility index (Phi) is 4.06. The van der Waals surface area contributed by atoms with Crippen LogP contribution in [0.25, 0.3) is 5.76 Å². The number of nitriles is 1. The van der Waals surface area contributed by atoms with Crippen molar-refractivity contribution in [2.75, 3.05) is 0 Å². The molecule has 0 amide bonds. The Morgan fingerprint density at radius 1 is 1.29 bits per heavy atom. The molecule has 0 aliphatic heterocycles. The molecule has 88 valence electrons. The van der Waals surface area contributed by atoms with Crippen LogP contribution in [0.15, 0.2) is 36.4 Å². The molecule has 0 spiro atoms. The monoisotopic (exact) mass is 229 g/mol. The first kappa shape index (κ1) is 13.0. The second-order valence-corrected chi connectivity index (χ2v) is 4.64. The summed E-state index contributed by atoms with van der Waals surface area (Å²) in [6, 6.07) is 11.0. The third kappa shape index (κ3) is 3.76. The fraction of sp³-hybridized carbons (Fsp3) is 0.286. The first-order chi connectivity index (χ1) is 7.95. The van der Waals surface area contributed by atoms with Crippen molar-refractivity contribution in [2.24, 2.45) is 5.41 Å². The van der Waals surface area contributed by atoms with Gasteiger partial charge in [0.25, 0.3) is 0 Å². The number of hydrogen-bond acceptors (Lipinski definition) is 3. The Labute approximate surface area is 101 Å². The number of carbonyl (C=O) groups is 1. The van der Waals surface area contributed by atoms with Gasteiger partial charge in [-0.05, 0) is 20.8 Å². The highest BCUT2D eigenvalue weighted by atomic mass is 16.5. The Morgan fingerprint density at radius 2 is 1.88 bits per heavy atom. The van der Waals surface area contributed by atoms with Crippen molar-refractivity contribution >= 4 is 11.7 Å². The highest BCUT2D eigenvalue weighted by Crippen LogP contribution is 2.22. The summed E-state index contributed by atoms with van der Waals surface area (Å²) >= 11 is 0. The van der Waals surface area contributed by atoms with Crippen LogP contribution in [0, 0.1) is 16.7 Å². The maximum atomic E-state index is 11.8. The van der Waals surface area contributed by atoms with Gasteiger partial charge in [0.1, 0.15) is 5.76 Å². The molecule has 1 rings (SSSR count). The van der Waals surface area contributed by atoms with Gasteiger partial charge in [-0.3, -0.25) is 4.79 Å². The topological polar surface area (TPSA) is 50.1 Å². The molecule has 0 N–H and O–H groups in total. The van der Waals surface area contributed by atoms with Crippen molar-refractivity contribution in [2.45, 2.75) is 20.8 Å². The molecular weight excluding hydrogens is 214 g/mol. The van der Waals surface area contributed by atoms with Crippen LogP contribution in [0.1, 0.15) is 26.3 Å². The third-order valence-electron chi connectivity index (χ3n) is 2.07. The summed E-state index contributed by atoms with van der Waals surface area (Å²) in [7, 11) is 0. The summed E-state index contributed by atoms with van der Waals surface area (Å²) in [4.78, 5) is 11.8. The maximum absolute atomic E-state index is 11.8. The summed E-state index contributed by atoms with van der Waals surface area (Å²) in [6.45, 7) is 5.30. The van der Waals surface area contributed by atoms with Crippen molar-refractivity contribution in [3.8, 4) is 6.07 Å². The zero-order valence-corrected chi connectivity index (χ0v) is 10.2. The molecular formula is C14H15NO2. The lowest BCUT2D eigenvalue weighted by Crippen LogP contribution is -2.22. The Balaban J connectivity index is 2.96. The molecule has 0 radical (unpaired) electrons. The zero-order chi connectivity index (χ0) is 12.9. The fourth-order valence-electron chi connectivity index (χ4n) is 1.09. The van der Waals surface area contributed by atoms with E-state index < -0.39 is 5.41 Å². The second kappa shape index (κ2) is 5.31. The summed E-state index contributed by atoms with van der Waals surface area (Å²) in [5.41, 5.74) is 0.121. The van der Waals surface area contributed by atoms with E-state index in [4.69, 9.17) is 10.00 Å². The normalized spacial score (nSPS) is 11.8. The van der Waals surface area contributed by atoms with Crippen LogP contribution >= 0.6 is 0 Å². The van der Waals surface area contributed by atoms with E-state index in [1.807, 2.05) is 24.3 Å². The lowest BCUT2D eigenvalue weighted by atomic mass is 9.97. The summed E-state index contributed by atoms with van der Waals surface area (Å²) in [5.74, 6) is -0.0733. The molecule has 0 unspecified atom stereocenters. The van der Waals surface area contributed by atoms with Crippen LogP contribution in [0.3, 0.4) is 0 Å². The van der Waals surface area contributed by atoms with E-state index >= 15 is 0 Å². The van der Waals surface area contributed by atoms with Crippen molar-refractivity contribution in [3.63, 3.8) is 0 Å². The SMILES string of the molecule is CC(C)(C)C(=O)O/C(=C/C#N)c1ccccc1. The van der Waals surface area contributed by atoms with Gasteiger partial charge >= 0.3 is 5.97 Å². The van der Waals surface area contributed by atoms with Gasteiger partial charge in [0.15, 0.2) is 0 Å². The number of nitrogens with zero attached hydrogens (tertiary/aromatic N) is 1. The predicted molar refractivity (Wildman–Crippen MR) is 65.6 cm³/mol. The first-order valence-corrected chi connectivity index (χ1v) is 5.32. The molecule has 0 aliphatic carbocycles. The molecule has 3 nitrogen and oxygen atoms in total. The van der Waals surface area contributed by atoms with Crippen molar-refractivity contribution in [1.82, 2.24) is 0 Å². The van der Waals surface area contributed by atoms with Gasteiger partial charge in [-0.25, -0.2) is 0 Å². The lowest BCUT2D eigenvalue weighted by Gasteiger charge is -2.17. The molecule has 0 fully saturated rings. The maximum Gasteiger partial charge on any atom is 0.316 e. The first-order valence-electron chi connectivity index (χ1n) is 5.32. The molecule has 1 aromatic rings. The summed E-state index contributed by atoms with van der Waals surface area (Å²) in [6.07, 6.45) is 1.24. The minimum atomic E-state index is -0.594. The van der Waals surface area contributed by atoms with E-state index in [9.17, 15) is 4.79 Å². The number of benzene rings is 1. The van der Waals surface area contributed by atoms with Crippen molar-refractivity contribution in [3.05, 3.63) is 42.0 Å². The molecule has 0 bridgehead atoms. The number of ether oxygens (including phenoxy) is 1. The highest BCUT2D eigenvalue weighted by molar-refractivity contribution is 5.82. The Hall–Kier alpha value is -2.08.